The maximum absolute atomic E-state index is 12.9. The van der Waals surface area contributed by atoms with Crippen LogP contribution in [0, 0.1) is 5.92 Å². The molecule has 0 saturated carbocycles. The molecule has 3 rings (SSSR count). The molecule has 1 saturated heterocycles. The monoisotopic (exact) mass is 354 g/mol. The summed E-state index contributed by atoms with van der Waals surface area (Å²) in [6, 6.07) is 16.3. The van der Waals surface area contributed by atoms with E-state index >= 15 is 0 Å². The minimum atomic E-state index is -2.64. The molecule has 6 nitrogen and oxygen atoms in total. The SMILES string of the molecule is CCOC(=O)[C@@H]1[C@H](c2ccccc2)OC(=O)[C@]1(O)C(=O)c1ccccc1. The molecular formula is C20H18O6. The predicted octanol–water partition coefficient (Wildman–Crippen LogP) is 2.08. The number of Topliss-reactive ketones (excluding diaryl/α,β-unsaturated/α-hetero) is 1. The maximum atomic E-state index is 12.9. The Morgan fingerprint density at radius 1 is 1.08 bits per heavy atom. The zero-order chi connectivity index (χ0) is 18.7. The summed E-state index contributed by atoms with van der Waals surface area (Å²) in [4.78, 5) is 38.0. The van der Waals surface area contributed by atoms with Crippen molar-refractivity contribution in [2.75, 3.05) is 6.61 Å². The lowest BCUT2D eigenvalue weighted by Crippen LogP contribution is -2.52. The number of cyclic esters (lactones) is 1. The number of ketones is 1. The van der Waals surface area contributed by atoms with Gasteiger partial charge in [-0.1, -0.05) is 60.7 Å². The molecule has 1 heterocycles. The second kappa shape index (κ2) is 7.09. The van der Waals surface area contributed by atoms with E-state index in [4.69, 9.17) is 9.47 Å². The van der Waals surface area contributed by atoms with Crippen molar-refractivity contribution in [3.05, 3.63) is 71.8 Å². The van der Waals surface area contributed by atoms with Crippen molar-refractivity contribution < 1.29 is 29.0 Å². The van der Waals surface area contributed by atoms with Crippen molar-refractivity contribution in [2.24, 2.45) is 5.92 Å². The Bertz CT molecular complexity index is 817. The van der Waals surface area contributed by atoms with E-state index < -0.39 is 35.3 Å². The molecule has 1 aliphatic heterocycles. The smallest absolute Gasteiger partial charge is 0.348 e. The number of carbonyl (C=O) groups is 3. The van der Waals surface area contributed by atoms with Crippen molar-refractivity contribution in [3.8, 4) is 0 Å². The van der Waals surface area contributed by atoms with E-state index in [9.17, 15) is 19.5 Å². The standard InChI is InChI=1S/C20H18O6/c1-2-25-18(22)15-16(13-9-5-3-6-10-13)26-19(23)20(15,24)17(21)14-11-7-4-8-12-14/h3-12,15-16,24H,2H2,1H3/t15-,16-,20+/m0/s1. The Morgan fingerprint density at radius 3 is 2.23 bits per heavy atom. The molecule has 0 unspecified atom stereocenters. The third-order valence-electron chi connectivity index (χ3n) is 4.35. The fraction of sp³-hybridized carbons (Fsp3) is 0.250. The predicted molar refractivity (Wildman–Crippen MR) is 91.1 cm³/mol. The summed E-state index contributed by atoms with van der Waals surface area (Å²) in [5.41, 5.74) is -2.04. The van der Waals surface area contributed by atoms with Gasteiger partial charge in [0.15, 0.2) is 0 Å². The molecule has 26 heavy (non-hydrogen) atoms. The normalized spacial score (nSPS) is 24.8. The molecule has 0 aromatic heterocycles. The number of ether oxygens (including phenoxy) is 2. The van der Waals surface area contributed by atoms with Crippen LogP contribution in [-0.2, 0) is 19.1 Å². The molecule has 1 aliphatic rings. The number of carbonyl (C=O) groups excluding carboxylic acids is 3. The van der Waals surface area contributed by atoms with Gasteiger partial charge in [0.2, 0.25) is 11.4 Å². The van der Waals surface area contributed by atoms with Crippen LogP contribution in [0.5, 0.6) is 0 Å². The number of hydrogen-bond donors (Lipinski definition) is 1. The zero-order valence-electron chi connectivity index (χ0n) is 14.1. The van der Waals surface area contributed by atoms with E-state index in [1.807, 2.05) is 0 Å². The Labute approximate surface area is 150 Å². The van der Waals surface area contributed by atoms with Crippen molar-refractivity contribution in [1.29, 1.82) is 0 Å². The average molecular weight is 354 g/mol. The third-order valence-corrected chi connectivity index (χ3v) is 4.35. The van der Waals surface area contributed by atoms with Crippen molar-refractivity contribution in [3.63, 3.8) is 0 Å². The van der Waals surface area contributed by atoms with Gasteiger partial charge in [-0.25, -0.2) is 4.79 Å². The van der Waals surface area contributed by atoms with Gasteiger partial charge in [-0.05, 0) is 12.5 Å². The topological polar surface area (TPSA) is 89.9 Å². The van der Waals surface area contributed by atoms with Crippen LogP contribution >= 0.6 is 0 Å². The van der Waals surface area contributed by atoms with Gasteiger partial charge in [0.25, 0.3) is 0 Å². The minimum Gasteiger partial charge on any atom is -0.466 e. The van der Waals surface area contributed by atoms with Gasteiger partial charge in [-0.3, -0.25) is 9.59 Å². The Morgan fingerprint density at radius 2 is 1.65 bits per heavy atom. The molecule has 0 bridgehead atoms. The molecule has 1 N–H and O–H groups in total. The first kappa shape index (κ1) is 17.8. The maximum Gasteiger partial charge on any atom is 0.348 e. The molecule has 134 valence electrons. The lowest BCUT2D eigenvalue weighted by atomic mass is 9.78. The van der Waals surface area contributed by atoms with Gasteiger partial charge in [0.05, 0.1) is 6.61 Å². The van der Waals surface area contributed by atoms with Gasteiger partial charge >= 0.3 is 11.9 Å². The van der Waals surface area contributed by atoms with E-state index in [-0.39, 0.29) is 12.2 Å². The largest absolute Gasteiger partial charge is 0.466 e. The van der Waals surface area contributed by atoms with Crippen LogP contribution in [0.4, 0.5) is 0 Å². The highest BCUT2D eigenvalue weighted by atomic mass is 16.6. The van der Waals surface area contributed by atoms with Crippen LogP contribution in [-0.4, -0.2) is 35.0 Å². The first-order chi connectivity index (χ1) is 12.5. The number of aliphatic hydroxyl groups is 1. The molecule has 1 fully saturated rings. The van der Waals surface area contributed by atoms with Gasteiger partial charge in [-0.2, -0.15) is 0 Å². The number of hydrogen-bond acceptors (Lipinski definition) is 6. The van der Waals surface area contributed by atoms with Crippen LogP contribution < -0.4 is 0 Å². The highest BCUT2D eigenvalue weighted by molar-refractivity contribution is 6.18. The summed E-state index contributed by atoms with van der Waals surface area (Å²) in [6.07, 6.45) is -1.11. The van der Waals surface area contributed by atoms with E-state index in [0.717, 1.165) is 0 Å². The first-order valence-corrected chi connectivity index (χ1v) is 8.25. The van der Waals surface area contributed by atoms with Gasteiger partial charge < -0.3 is 14.6 Å². The Balaban J connectivity index is 2.08. The molecule has 0 spiro atoms. The van der Waals surface area contributed by atoms with Crippen molar-refractivity contribution in [1.82, 2.24) is 0 Å². The van der Waals surface area contributed by atoms with Crippen LogP contribution in [0.15, 0.2) is 60.7 Å². The Kier molecular flexibility index (Phi) is 4.86. The molecule has 6 heteroatoms. The number of esters is 2. The van der Waals surface area contributed by atoms with Gasteiger partial charge in [0.1, 0.15) is 12.0 Å². The molecule has 0 amide bonds. The first-order valence-electron chi connectivity index (χ1n) is 8.25. The quantitative estimate of drug-likeness (QED) is 0.502. The molecule has 0 radical (unpaired) electrons. The zero-order valence-corrected chi connectivity index (χ0v) is 14.1. The van der Waals surface area contributed by atoms with Gasteiger partial charge in [0, 0.05) is 5.56 Å². The van der Waals surface area contributed by atoms with Crippen LogP contribution in [0.2, 0.25) is 0 Å². The summed E-state index contributed by atoms with van der Waals surface area (Å²) >= 11 is 0. The van der Waals surface area contributed by atoms with E-state index in [0.29, 0.717) is 5.56 Å². The second-order valence-electron chi connectivity index (χ2n) is 5.93. The lowest BCUT2D eigenvalue weighted by Gasteiger charge is -2.25. The van der Waals surface area contributed by atoms with Crippen LogP contribution in [0.3, 0.4) is 0 Å². The molecular weight excluding hydrogens is 336 g/mol. The molecule has 2 aromatic carbocycles. The van der Waals surface area contributed by atoms with E-state index in [2.05, 4.69) is 0 Å². The Hall–Kier alpha value is -2.99. The average Bonchev–Trinajstić information content (AvgIpc) is 2.95. The van der Waals surface area contributed by atoms with E-state index in [1.54, 1.807) is 55.5 Å². The van der Waals surface area contributed by atoms with E-state index in [1.165, 1.54) is 12.1 Å². The van der Waals surface area contributed by atoms with Crippen molar-refractivity contribution >= 4 is 17.7 Å². The third kappa shape index (κ3) is 2.88. The van der Waals surface area contributed by atoms with Gasteiger partial charge in [-0.15, -0.1) is 0 Å². The lowest BCUT2D eigenvalue weighted by molar-refractivity contribution is -0.158. The number of rotatable bonds is 5. The highest BCUT2D eigenvalue weighted by Gasteiger charge is 2.65. The summed E-state index contributed by atoms with van der Waals surface area (Å²) in [6.45, 7) is 1.64. The highest BCUT2D eigenvalue weighted by Crippen LogP contribution is 2.44. The molecule has 3 atom stereocenters. The summed E-state index contributed by atoms with van der Waals surface area (Å²) in [5, 5.41) is 11.0. The summed E-state index contributed by atoms with van der Waals surface area (Å²) in [5.74, 6) is -4.40. The van der Waals surface area contributed by atoms with Crippen molar-refractivity contribution in [2.45, 2.75) is 18.6 Å². The fourth-order valence-electron chi connectivity index (χ4n) is 3.09. The number of benzene rings is 2. The summed E-state index contributed by atoms with van der Waals surface area (Å²) in [7, 11) is 0. The second-order valence-corrected chi connectivity index (χ2v) is 5.93. The molecule has 0 aliphatic carbocycles. The fourth-order valence-corrected chi connectivity index (χ4v) is 3.09. The minimum absolute atomic E-state index is 0.0423. The summed E-state index contributed by atoms with van der Waals surface area (Å²) < 4.78 is 10.3. The van der Waals surface area contributed by atoms with Crippen LogP contribution in [0.25, 0.3) is 0 Å². The van der Waals surface area contributed by atoms with Crippen LogP contribution in [0.1, 0.15) is 28.9 Å². The molecule has 2 aromatic rings.